The van der Waals surface area contributed by atoms with Gasteiger partial charge in [-0.2, -0.15) is 4.98 Å². The Morgan fingerprint density at radius 3 is 2.36 bits per heavy atom. The van der Waals surface area contributed by atoms with Crippen molar-refractivity contribution in [2.45, 2.75) is 12.8 Å². The minimum Gasteiger partial charge on any atom is -0.478 e. The van der Waals surface area contributed by atoms with Crippen LogP contribution in [0.2, 0.25) is 0 Å². The Bertz CT molecular complexity index is 1590. The van der Waals surface area contributed by atoms with Crippen LogP contribution < -0.4 is 15.4 Å². The number of carboxylic acid groups (broad SMARTS) is 1. The average Bonchev–Trinajstić information content (AvgIpc) is 3.73. The molecule has 0 unspecified atom stereocenters. The summed E-state index contributed by atoms with van der Waals surface area (Å²) in [4.78, 5) is 45.3. The third-order valence-electron chi connectivity index (χ3n) is 6.13. The molecule has 0 atom stereocenters. The van der Waals surface area contributed by atoms with Gasteiger partial charge in [0.15, 0.2) is 17.3 Å². The minimum absolute atomic E-state index is 0.00259. The molecule has 39 heavy (non-hydrogen) atoms. The lowest BCUT2D eigenvalue weighted by Gasteiger charge is -2.15. The van der Waals surface area contributed by atoms with Crippen LogP contribution in [0.5, 0.6) is 11.6 Å². The van der Waals surface area contributed by atoms with Crippen LogP contribution in [0, 0.1) is 17.0 Å². The predicted octanol–water partition coefficient (Wildman–Crippen LogP) is 5.59. The van der Waals surface area contributed by atoms with Crippen LogP contribution in [0.1, 0.15) is 33.6 Å². The molecule has 0 radical (unpaired) electrons. The normalized spacial score (nSPS) is 13.3. The van der Waals surface area contributed by atoms with Gasteiger partial charge in [-0.15, -0.1) is 0 Å². The number of benzene rings is 3. The fourth-order valence-corrected chi connectivity index (χ4v) is 3.90. The Kier molecular flexibility index (Phi) is 6.72. The summed E-state index contributed by atoms with van der Waals surface area (Å²) in [6.07, 6.45) is 1.99. The number of carboxylic acids is 1. The van der Waals surface area contributed by atoms with E-state index >= 15 is 0 Å². The molecule has 1 fully saturated rings. The number of amides is 1. The summed E-state index contributed by atoms with van der Waals surface area (Å²) in [6, 6.07) is 16.2. The number of ketones is 1. The van der Waals surface area contributed by atoms with Gasteiger partial charge >= 0.3 is 5.97 Å². The van der Waals surface area contributed by atoms with Crippen molar-refractivity contribution < 1.29 is 33.0 Å². The quantitative estimate of drug-likeness (QED) is 0.189. The standard InChI is InChI=1S/C28H20F2N4O5/c29-18-5-7-19(8-6-18)32-26(38)28(11-12-28)24(35)16-4-9-22(21(30)15-16)39-23-10-13-31-27(34-23)33-20-3-1-2-17(14-20)25(36)37/h1-10,13-15H,11-12H2,(H,32,38)(H,36,37)(H,31,33,34). The van der Waals surface area contributed by atoms with Crippen LogP contribution in [0.3, 0.4) is 0 Å². The molecule has 1 aliphatic carbocycles. The summed E-state index contributed by atoms with van der Waals surface area (Å²) in [5.41, 5.74) is -0.448. The SMILES string of the molecule is O=C(O)c1cccc(Nc2nccc(Oc3ccc(C(=O)C4(C(=O)Nc5ccc(F)cc5)CC4)cc3F)n2)c1. The molecule has 4 aromatic rings. The fraction of sp³-hybridized carbons (Fsp3) is 0.107. The van der Waals surface area contributed by atoms with Gasteiger partial charge in [0, 0.05) is 29.2 Å². The molecule has 5 rings (SSSR count). The number of aromatic nitrogens is 2. The number of anilines is 3. The second-order valence-corrected chi connectivity index (χ2v) is 8.85. The van der Waals surface area contributed by atoms with E-state index in [2.05, 4.69) is 20.6 Å². The molecule has 0 spiro atoms. The third kappa shape index (κ3) is 5.57. The summed E-state index contributed by atoms with van der Waals surface area (Å²) in [5, 5.41) is 14.6. The monoisotopic (exact) mass is 530 g/mol. The molecule has 1 aliphatic rings. The van der Waals surface area contributed by atoms with Gasteiger partial charge in [0.25, 0.3) is 0 Å². The van der Waals surface area contributed by atoms with Gasteiger partial charge in [-0.25, -0.2) is 18.6 Å². The van der Waals surface area contributed by atoms with E-state index in [-0.39, 0.29) is 28.7 Å². The lowest BCUT2D eigenvalue weighted by Crippen LogP contribution is -2.31. The zero-order valence-electron chi connectivity index (χ0n) is 20.2. The maximum Gasteiger partial charge on any atom is 0.335 e. The van der Waals surface area contributed by atoms with Crippen LogP contribution in [0.4, 0.5) is 26.1 Å². The van der Waals surface area contributed by atoms with E-state index in [1.54, 1.807) is 12.1 Å². The molecule has 0 aliphatic heterocycles. The van der Waals surface area contributed by atoms with E-state index in [1.165, 1.54) is 60.8 Å². The number of carbonyl (C=O) groups excluding carboxylic acids is 2. The number of rotatable bonds is 9. The molecule has 1 aromatic heterocycles. The van der Waals surface area contributed by atoms with Crippen molar-refractivity contribution in [3.8, 4) is 11.6 Å². The van der Waals surface area contributed by atoms with Crippen molar-refractivity contribution in [3.63, 3.8) is 0 Å². The molecule has 0 bridgehead atoms. The highest BCUT2D eigenvalue weighted by molar-refractivity contribution is 6.19. The Labute approximate surface area is 220 Å². The van der Waals surface area contributed by atoms with E-state index in [0.29, 0.717) is 24.2 Å². The van der Waals surface area contributed by atoms with E-state index in [0.717, 1.165) is 6.07 Å². The molecule has 0 saturated heterocycles. The molecule has 3 aromatic carbocycles. The number of hydrogen-bond acceptors (Lipinski definition) is 7. The van der Waals surface area contributed by atoms with Crippen LogP contribution >= 0.6 is 0 Å². The number of nitrogens with one attached hydrogen (secondary N) is 2. The summed E-state index contributed by atoms with van der Waals surface area (Å²) >= 11 is 0. The molecular weight excluding hydrogens is 510 g/mol. The molecule has 3 N–H and O–H groups in total. The lowest BCUT2D eigenvalue weighted by atomic mass is 9.93. The number of Topliss-reactive ketones (excluding diaryl/α,β-unsaturated/α-hetero) is 1. The smallest absolute Gasteiger partial charge is 0.335 e. The van der Waals surface area contributed by atoms with Crippen LogP contribution in [0.25, 0.3) is 0 Å². The zero-order valence-corrected chi connectivity index (χ0v) is 20.2. The van der Waals surface area contributed by atoms with Crippen molar-refractivity contribution in [1.29, 1.82) is 0 Å². The van der Waals surface area contributed by atoms with Crippen molar-refractivity contribution in [3.05, 3.63) is 102 Å². The van der Waals surface area contributed by atoms with Crippen LogP contribution in [-0.2, 0) is 4.79 Å². The third-order valence-corrected chi connectivity index (χ3v) is 6.13. The second-order valence-electron chi connectivity index (χ2n) is 8.85. The molecule has 11 heteroatoms. The molecular formula is C28H20F2N4O5. The van der Waals surface area contributed by atoms with Gasteiger partial charge in [0.1, 0.15) is 11.2 Å². The van der Waals surface area contributed by atoms with Crippen molar-refractivity contribution >= 4 is 35.0 Å². The molecule has 1 saturated carbocycles. The Hall–Kier alpha value is -5.19. The Balaban J connectivity index is 1.28. The highest BCUT2D eigenvalue weighted by atomic mass is 19.1. The number of nitrogens with zero attached hydrogens (tertiary/aromatic N) is 2. The predicted molar refractivity (Wildman–Crippen MR) is 136 cm³/mol. The summed E-state index contributed by atoms with van der Waals surface area (Å²) in [5.74, 6) is -3.55. The highest BCUT2D eigenvalue weighted by Crippen LogP contribution is 2.49. The lowest BCUT2D eigenvalue weighted by molar-refractivity contribution is -0.119. The summed E-state index contributed by atoms with van der Waals surface area (Å²) < 4.78 is 33.6. The van der Waals surface area contributed by atoms with E-state index < -0.39 is 34.7 Å². The van der Waals surface area contributed by atoms with Crippen molar-refractivity contribution in [1.82, 2.24) is 9.97 Å². The Morgan fingerprint density at radius 1 is 0.897 bits per heavy atom. The fourth-order valence-electron chi connectivity index (χ4n) is 3.90. The maximum absolute atomic E-state index is 14.9. The molecule has 1 heterocycles. The maximum atomic E-state index is 14.9. The molecule has 1 amide bonds. The number of ether oxygens (including phenoxy) is 1. The first kappa shape index (κ1) is 25.5. The van der Waals surface area contributed by atoms with Gasteiger partial charge < -0.3 is 20.5 Å². The average molecular weight is 530 g/mol. The van der Waals surface area contributed by atoms with Crippen molar-refractivity contribution in [2.24, 2.45) is 5.41 Å². The van der Waals surface area contributed by atoms with E-state index in [1.807, 2.05) is 0 Å². The van der Waals surface area contributed by atoms with E-state index in [9.17, 15) is 23.2 Å². The molecule has 196 valence electrons. The summed E-state index contributed by atoms with van der Waals surface area (Å²) in [6.45, 7) is 0. The van der Waals surface area contributed by atoms with Gasteiger partial charge in [-0.1, -0.05) is 6.07 Å². The van der Waals surface area contributed by atoms with Gasteiger partial charge in [-0.3, -0.25) is 9.59 Å². The van der Waals surface area contributed by atoms with Gasteiger partial charge in [0.2, 0.25) is 17.7 Å². The highest BCUT2D eigenvalue weighted by Gasteiger charge is 2.56. The largest absolute Gasteiger partial charge is 0.478 e. The zero-order chi connectivity index (χ0) is 27.6. The van der Waals surface area contributed by atoms with Crippen molar-refractivity contribution in [2.75, 3.05) is 10.6 Å². The van der Waals surface area contributed by atoms with Gasteiger partial charge in [-0.05, 0) is 73.5 Å². The summed E-state index contributed by atoms with van der Waals surface area (Å²) in [7, 11) is 0. The van der Waals surface area contributed by atoms with Gasteiger partial charge in [0.05, 0.1) is 5.56 Å². The second kappa shape index (κ2) is 10.3. The number of halogens is 2. The first-order valence-electron chi connectivity index (χ1n) is 11.8. The van der Waals surface area contributed by atoms with E-state index in [4.69, 9.17) is 9.84 Å². The minimum atomic E-state index is -1.31. The first-order valence-corrected chi connectivity index (χ1v) is 11.8. The molecule has 9 nitrogen and oxygen atoms in total. The van der Waals surface area contributed by atoms with Crippen LogP contribution in [-0.4, -0.2) is 32.7 Å². The number of hydrogen-bond donors (Lipinski definition) is 3. The number of carbonyl (C=O) groups is 3. The number of aromatic carboxylic acids is 1. The first-order chi connectivity index (χ1) is 18.7. The topological polar surface area (TPSA) is 131 Å². The Morgan fingerprint density at radius 2 is 1.67 bits per heavy atom. The van der Waals surface area contributed by atoms with Crippen LogP contribution in [0.15, 0.2) is 79.0 Å².